The molecular formula is C33H49N3O6. The molecule has 3 saturated carbocycles. The normalized spacial score (nSPS) is 36.1. The molecule has 0 saturated heterocycles. The molecule has 9 nitrogen and oxygen atoms in total. The van der Waals surface area contributed by atoms with E-state index in [2.05, 4.69) is 41.6 Å². The van der Waals surface area contributed by atoms with Crippen LogP contribution in [0.4, 0.5) is 0 Å². The number of hydrogen-bond donors (Lipinski definition) is 4. The van der Waals surface area contributed by atoms with Gasteiger partial charge in [-0.05, 0) is 92.4 Å². The maximum absolute atomic E-state index is 12.8. The Morgan fingerprint density at radius 2 is 1.69 bits per heavy atom. The molecule has 0 unspecified atom stereocenters. The third kappa shape index (κ3) is 5.71. The summed E-state index contributed by atoms with van der Waals surface area (Å²) in [6, 6.07) is -1.93. The van der Waals surface area contributed by atoms with Gasteiger partial charge in [-0.1, -0.05) is 58.2 Å². The highest BCUT2D eigenvalue weighted by molar-refractivity contribution is 5.96. The van der Waals surface area contributed by atoms with E-state index in [0.717, 1.165) is 50.7 Å². The first kappa shape index (κ1) is 32.1. The number of carboxylic acids is 1. The van der Waals surface area contributed by atoms with Crippen LogP contribution in [0.5, 0.6) is 0 Å². The second-order valence-electron chi connectivity index (χ2n) is 14.2. The second kappa shape index (κ2) is 12.0. The lowest BCUT2D eigenvalue weighted by Crippen LogP contribution is -2.55. The van der Waals surface area contributed by atoms with Crippen LogP contribution in [-0.4, -0.2) is 58.0 Å². The monoisotopic (exact) mass is 583 g/mol. The summed E-state index contributed by atoms with van der Waals surface area (Å²) in [5.41, 5.74) is 1.09. The predicted octanol–water partition coefficient (Wildman–Crippen LogP) is 4.05. The number of allylic oxidation sites excluding steroid dienone is 2. The topological polar surface area (TPSA) is 137 Å². The van der Waals surface area contributed by atoms with E-state index < -0.39 is 35.5 Å². The summed E-state index contributed by atoms with van der Waals surface area (Å²) in [6.45, 7) is 11.3. The average molecular weight is 584 g/mol. The summed E-state index contributed by atoms with van der Waals surface area (Å²) in [7, 11) is 0. The molecule has 9 heteroatoms. The summed E-state index contributed by atoms with van der Waals surface area (Å²) in [5, 5.41) is 30.1. The Balaban J connectivity index is 1.36. The number of terminal acetylenes is 1. The van der Waals surface area contributed by atoms with Gasteiger partial charge in [0, 0.05) is 5.41 Å². The molecule has 8 atom stereocenters. The van der Waals surface area contributed by atoms with Crippen LogP contribution in [0, 0.1) is 52.8 Å². The number of aliphatic hydroxyl groups is 1. The molecule has 4 aliphatic carbocycles. The van der Waals surface area contributed by atoms with E-state index in [9.17, 15) is 24.6 Å². The van der Waals surface area contributed by atoms with E-state index in [0.29, 0.717) is 24.2 Å². The fourth-order valence-electron chi connectivity index (χ4n) is 8.58. The number of oxime groups is 1. The number of hydrogen-bond acceptors (Lipinski definition) is 6. The van der Waals surface area contributed by atoms with Crippen LogP contribution >= 0.6 is 0 Å². The van der Waals surface area contributed by atoms with Crippen LogP contribution in [-0.2, 0) is 19.2 Å². The van der Waals surface area contributed by atoms with E-state index in [1.807, 2.05) is 0 Å². The fraction of sp³-hybridized carbons (Fsp3) is 0.758. The van der Waals surface area contributed by atoms with Crippen molar-refractivity contribution in [3.05, 3.63) is 11.6 Å². The third-order valence-corrected chi connectivity index (χ3v) is 11.2. The van der Waals surface area contributed by atoms with E-state index in [1.54, 1.807) is 27.7 Å². The number of amides is 2. The van der Waals surface area contributed by atoms with Gasteiger partial charge in [0.25, 0.3) is 5.91 Å². The zero-order valence-electron chi connectivity index (χ0n) is 26.0. The molecule has 0 spiro atoms. The molecule has 0 radical (unpaired) electrons. The van der Waals surface area contributed by atoms with Gasteiger partial charge >= 0.3 is 5.97 Å². The Bertz CT molecular complexity index is 1190. The molecule has 232 valence electrons. The smallest absolute Gasteiger partial charge is 0.326 e. The maximum atomic E-state index is 12.8. The zero-order valence-corrected chi connectivity index (χ0v) is 26.0. The Hall–Kier alpha value is -2.86. The number of carbonyl (C=O) groups excluding carboxylic acids is 2. The minimum Gasteiger partial charge on any atom is -0.480 e. The van der Waals surface area contributed by atoms with Gasteiger partial charge in [0.1, 0.15) is 17.7 Å². The van der Waals surface area contributed by atoms with E-state index >= 15 is 0 Å². The molecule has 0 aliphatic heterocycles. The lowest BCUT2D eigenvalue weighted by molar-refractivity contribution is -0.143. The van der Waals surface area contributed by atoms with Gasteiger partial charge < -0.3 is 25.7 Å². The molecule has 0 aromatic rings. The van der Waals surface area contributed by atoms with Crippen molar-refractivity contribution in [3.8, 4) is 12.3 Å². The van der Waals surface area contributed by atoms with E-state index in [4.69, 9.17) is 11.3 Å². The summed E-state index contributed by atoms with van der Waals surface area (Å²) >= 11 is 0. The molecule has 42 heavy (non-hydrogen) atoms. The molecule has 0 aromatic heterocycles. The summed E-state index contributed by atoms with van der Waals surface area (Å²) < 4.78 is 0. The van der Waals surface area contributed by atoms with Crippen LogP contribution in [0.25, 0.3) is 0 Å². The van der Waals surface area contributed by atoms with E-state index in [1.165, 1.54) is 5.57 Å². The number of nitrogens with zero attached hydrogens (tertiary/aromatic N) is 1. The predicted molar refractivity (Wildman–Crippen MR) is 160 cm³/mol. The second-order valence-corrected chi connectivity index (χ2v) is 14.2. The summed E-state index contributed by atoms with van der Waals surface area (Å²) in [4.78, 5) is 42.3. The lowest BCUT2D eigenvalue weighted by Gasteiger charge is -2.58. The van der Waals surface area contributed by atoms with Crippen LogP contribution < -0.4 is 10.6 Å². The number of nitrogens with one attached hydrogen (secondary N) is 2. The Morgan fingerprint density at radius 3 is 2.31 bits per heavy atom. The fourth-order valence-corrected chi connectivity index (χ4v) is 8.58. The molecule has 0 bridgehead atoms. The van der Waals surface area contributed by atoms with Gasteiger partial charge in [-0.3, -0.25) is 9.59 Å². The zero-order chi connectivity index (χ0) is 31.0. The molecule has 2 amide bonds. The van der Waals surface area contributed by atoms with Gasteiger partial charge in [-0.2, -0.15) is 0 Å². The summed E-state index contributed by atoms with van der Waals surface area (Å²) in [6.07, 6.45) is 15.5. The van der Waals surface area contributed by atoms with Crippen LogP contribution in [0.3, 0.4) is 0 Å². The van der Waals surface area contributed by atoms with Crippen molar-refractivity contribution < 1.29 is 29.4 Å². The SMILES string of the molecule is C#C[C@@]1(O)CC[C@H]2[C@@H]3CCC4=C/C(=N\OCC(=O)N[C@@H](C(=O)N[C@H](C(=O)O)C(C)C)C(C)C)CC[C@]4(C)[C@H]3CC[C@@]21C. The van der Waals surface area contributed by atoms with Crippen molar-refractivity contribution in [3.63, 3.8) is 0 Å². The Kier molecular flexibility index (Phi) is 9.18. The maximum Gasteiger partial charge on any atom is 0.326 e. The number of fused-ring (bicyclic) bond motifs is 5. The van der Waals surface area contributed by atoms with Crippen molar-refractivity contribution in [2.75, 3.05) is 6.61 Å². The first-order valence-electron chi connectivity index (χ1n) is 15.6. The Labute approximate surface area is 250 Å². The highest BCUT2D eigenvalue weighted by Gasteiger charge is 2.63. The van der Waals surface area contributed by atoms with Gasteiger partial charge in [-0.15, -0.1) is 6.42 Å². The standard InChI is InChI=1S/C33H49N3O6/c1-8-33(41)16-13-25-23-10-9-21-17-22(11-14-31(21,6)24(23)12-15-32(25,33)7)36-42-18-26(37)34-27(19(2)3)29(38)35-28(20(4)5)30(39)40/h1,17,19-20,23-25,27-28,41H,9-16,18H2,2-7H3,(H,34,37)(H,35,38)(H,39,40)/b36-22-/t23-,24+,25+,27-,28+,31+,32+,33-/m1/s1. The first-order valence-corrected chi connectivity index (χ1v) is 15.6. The largest absolute Gasteiger partial charge is 0.480 e. The minimum absolute atomic E-state index is 0.0825. The van der Waals surface area contributed by atoms with Crippen LogP contribution in [0.1, 0.15) is 92.9 Å². The van der Waals surface area contributed by atoms with Crippen LogP contribution in [0.15, 0.2) is 16.8 Å². The molecule has 4 N–H and O–H groups in total. The average Bonchev–Trinajstić information content (AvgIpc) is 3.20. The molecule has 0 aromatic carbocycles. The molecular weight excluding hydrogens is 534 g/mol. The highest BCUT2D eigenvalue weighted by Crippen LogP contribution is 2.67. The van der Waals surface area contributed by atoms with Gasteiger partial charge in [0.15, 0.2) is 6.61 Å². The minimum atomic E-state index is -1.12. The quantitative estimate of drug-likeness (QED) is 0.239. The van der Waals surface area contributed by atoms with Crippen molar-refractivity contribution in [1.29, 1.82) is 0 Å². The van der Waals surface area contributed by atoms with E-state index in [-0.39, 0.29) is 29.3 Å². The van der Waals surface area contributed by atoms with Crippen molar-refractivity contribution in [2.45, 2.75) is 111 Å². The first-order chi connectivity index (χ1) is 19.7. The molecule has 4 rings (SSSR count). The lowest BCUT2D eigenvalue weighted by atomic mass is 9.46. The van der Waals surface area contributed by atoms with Crippen molar-refractivity contribution in [1.82, 2.24) is 10.6 Å². The van der Waals surface area contributed by atoms with Gasteiger partial charge in [0.2, 0.25) is 5.91 Å². The van der Waals surface area contributed by atoms with Crippen LogP contribution in [0.2, 0.25) is 0 Å². The van der Waals surface area contributed by atoms with Crippen molar-refractivity contribution >= 4 is 23.5 Å². The van der Waals surface area contributed by atoms with Crippen molar-refractivity contribution in [2.24, 2.45) is 45.6 Å². The molecule has 0 heterocycles. The molecule has 3 fully saturated rings. The molecule has 4 aliphatic rings. The number of aliphatic carboxylic acids is 1. The van der Waals surface area contributed by atoms with Gasteiger partial charge in [0.05, 0.1) is 5.71 Å². The summed E-state index contributed by atoms with van der Waals surface area (Å²) in [5.74, 6) is 1.62. The highest BCUT2D eigenvalue weighted by atomic mass is 16.6. The Morgan fingerprint density at radius 1 is 1.02 bits per heavy atom. The number of carbonyl (C=O) groups is 3. The number of carboxylic acid groups (broad SMARTS) is 1. The number of rotatable bonds is 9. The third-order valence-electron chi connectivity index (χ3n) is 11.2. The van der Waals surface area contributed by atoms with Gasteiger partial charge in [-0.25, -0.2) is 4.79 Å².